The van der Waals surface area contributed by atoms with Crippen LogP contribution in [0.1, 0.15) is 22.3 Å². The molecule has 0 saturated carbocycles. The topological polar surface area (TPSA) is 6.48 Å². The lowest BCUT2D eigenvalue weighted by Crippen LogP contribution is -2.10. The van der Waals surface area contributed by atoms with Crippen LogP contribution in [0.3, 0.4) is 0 Å². The third-order valence-electron chi connectivity index (χ3n) is 13.1. The van der Waals surface area contributed by atoms with Gasteiger partial charge in [-0.2, -0.15) is 0 Å². The Morgan fingerprint density at radius 3 is 0.939 bits per heavy atom. The molecule has 0 atom stereocenters. The highest BCUT2D eigenvalue weighted by molar-refractivity contribution is 6.33. The van der Waals surface area contributed by atoms with Crippen LogP contribution in [-0.4, -0.2) is 0 Å². The van der Waals surface area contributed by atoms with Crippen molar-refractivity contribution in [3.05, 3.63) is 253 Å². The Labute approximate surface area is 388 Å². The summed E-state index contributed by atoms with van der Waals surface area (Å²) in [5.74, 6) is 0. The van der Waals surface area contributed by atoms with Gasteiger partial charge in [0.05, 0.1) is 0 Å². The second-order valence-electron chi connectivity index (χ2n) is 17.7. The molecule has 0 heterocycles. The molecule has 0 aliphatic carbocycles. The highest BCUT2D eigenvalue weighted by atomic mass is 15.1. The van der Waals surface area contributed by atoms with Gasteiger partial charge in [0.25, 0.3) is 0 Å². The van der Waals surface area contributed by atoms with Crippen LogP contribution < -0.4 is 9.80 Å². The van der Waals surface area contributed by atoms with E-state index in [9.17, 15) is 0 Å². The molecular weight excluding hydrogens is 797 g/mol. The van der Waals surface area contributed by atoms with E-state index in [4.69, 9.17) is 0 Å². The third kappa shape index (κ3) is 7.47. The number of nitrogens with zero attached hydrogens (tertiary/aromatic N) is 2. The maximum absolute atomic E-state index is 2.45. The van der Waals surface area contributed by atoms with Crippen molar-refractivity contribution in [1.29, 1.82) is 0 Å². The molecule has 0 N–H and O–H groups in total. The van der Waals surface area contributed by atoms with E-state index in [2.05, 4.69) is 268 Å². The first kappa shape index (κ1) is 40.6. The van der Waals surface area contributed by atoms with Gasteiger partial charge in [-0.05, 0) is 172 Å². The minimum Gasteiger partial charge on any atom is -0.310 e. The molecule has 11 aromatic rings. The number of anilines is 6. The lowest BCUT2D eigenvalue weighted by molar-refractivity contribution is 1.27. The zero-order valence-corrected chi connectivity index (χ0v) is 37.8. The van der Waals surface area contributed by atoms with Crippen LogP contribution in [0, 0.1) is 27.7 Å². The van der Waals surface area contributed by atoms with E-state index in [0.717, 1.165) is 34.1 Å². The molecule has 0 radical (unpaired) electrons. The van der Waals surface area contributed by atoms with Gasteiger partial charge in [-0.25, -0.2) is 0 Å². The molecule has 11 aromatic carbocycles. The number of aryl methyl sites for hydroxylation is 4. The third-order valence-corrected chi connectivity index (χ3v) is 13.1. The smallest absolute Gasteiger partial charge is 0.0468 e. The summed E-state index contributed by atoms with van der Waals surface area (Å²) in [5.41, 5.74) is 18.8. The Morgan fingerprint density at radius 2 is 0.561 bits per heavy atom. The molecule has 2 heteroatoms. The Kier molecular flexibility index (Phi) is 10.5. The van der Waals surface area contributed by atoms with E-state index in [1.807, 2.05) is 0 Å². The predicted octanol–water partition coefficient (Wildman–Crippen LogP) is 18.3. The van der Waals surface area contributed by atoms with E-state index in [1.165, 1.54) is 88.0 Å². The molecule has 11 rings (SSSR count). The number of hydrogen-bond donors (Lipinski definition) is 0. The summed E-state index contributed by atoms with van der Waals surface area (Å²) >= 11 is 0. The summed E-state index contributed by atoms with van der Waals surface area (Å²) < 4.78 is 0. The minimum absolute atomic E-state index is 1.10. The van der Waals surface area contributed by atoms with Gasteiger partial charge in [-0.15, -0.1) is 0 Å². The molecule has 0 saturated heterocycles. The molecule has 316 valence electrons. The number of fused-ring (bicyclic) bond motifs is 6. The summed E-state index contributed by atoms with van der Waals surface area (Å²) in [6.45, 7) is 8.61. The fourth-order valence-corrected chi connectivity index (χ4v) is 9.72. The normalized spacial score (nSPS) is 11.3. The fourth-order valence-electron chi connectivity index (χ4n) is 9.72. The SMILES string of the molecule is Cc1ccc(N(c2ccc(C)cc2)c2ccc3c(c2)c2cc(N(c4ccc(C)cc4)c4ccc(C)cc4)ccc2c2c(-c4ccccc4)c(-c4ccccc4)cc(-c4ccccc4)c32)cc1. The van der Waals surface area contributed by atoms with Gasteiger partial charge in [0.1, 0.15) is 0 Å². The largest absolute Gasteiger partial charge is 0.310 e. The monoisotopic (exact) mass is 846 g/mol. The van der Waals surface area contributed by atoms with Gasteiger partial charge in [0.15, 0.2) is 0 Å². The van der Waals surface area contributed by atoms with Crippen molar-refractivity contribution in [2.24, 2.45) is 0 Å². The van der Waals surface area contributed by atoms with E-state index < -0.39 is 0 Å². The van der Waals surface area contributed by atoms with Crippen molar-refractivity contribution in [1.82, 2.24) is 0 Å². The van der Waals surface area contributed by atoms with Crippen LogP contribution >= 0.6 is 0 Å². The average Bonchev–Trinajstić information content (AvgIpc) is 3.36. The van der Waals surface area contributed by atoms with Crippen molar-refractivity contribution in [3.8, 4) is 33.4 Å². The number of benzene rings is 11. The molecule has 0 aliphatic heterocycles. The van der Waals surface area contributed by atoms with Gasteiger partial charge < -0.3 is 9.80 Å². The molecule has 0 unspecified atom stereocenters. The van der Waals surface area contributed by atoms with Crippen molar-refractivity contribution in [2.45, 2.75) is 27.7 Å². The number of hydrogen-bond acceptors (Lipinski definition) is 2. The van der Waals surface area contributed by atoms with Crippen LogP contribution in [0.15, 0.2) is 231 Å². The molecule has 0 aromatic heterocycles. The van der Waals surface area contributed by atoms with Crippen molar-refractivity contribution in [3.63, 3.8) is 0 Å². The van der Waals surface area contributed by atoms with Crippen molar-refractivity contribution < 1.29 is 0 Å². The van der Waals surface area contributed by atoms with Crippen LogP contribution in [0.5, 0.6) is 0 Å². The molecule has 0 aliphatic rings. The molecule has 66 heavy (non-hydrogen) atoms. The summed E-state index contributed by atoms with van der Waals surface area (Å²) in [6.07, 6.45) is 0. The molecule has 0 bridgehead atoms. The van der Waals surface area contributed by atoms with Crippen LogP contribution in [0.2, 0.25) is 0 Å². The lowest BCUT2D eigenvalue weighted by atomic mass is 9.81. The Balaban J connectivity index is 1.31. The van der Waals surface area contributed by atoms with Crippen LogP contribution in [0.4, 0.5) is 34.1 Å². The van der Waals surface area contributed by atoms with Crippen molar-refractivity contribution >= 4 is 66.4 Å². The van der Waals surface area contributed by atoms with Gasteiger partial charge in [-0.1, -0.05) is 174 Å². The minimum atomic E-state index is 1.10. The maximum Gasteiger partial charge on any atom is 0.0468 e. The highest BCUT2D eigenvalue weighted by Gasteiger charge is 2.24. The first-order chi connectivity index (χ1) is 32.4. The average molecular weight is 847 g/mol. The van der Waals surface area contributed by atoms with Gasteiger partial charge in [-0.3, -0.25) is 0 Å². The van der Waals surface area contributed by atoms with Crippen molar-refractivity contribution in [2.75, 3.05) is 9.80 Å². The molecule has 2 nitrogen and oxygen atoms in total. The van der Waals surface area contributed by atoms with E-state index >= 15 is 0 Å². The first-order valence-corrected chi connectivity index (χ1v) is 22.9. The summed E-state index contributed by atoms with van der Waals surface area (Å²) in [6, 6.07) is 85.2. The first-order valence-electron chi connectivity index (χ1n) is 22.9. The lowest BCUT2D eigenvalue weighted by Gasteiger charge is -2.28. The van der Waals surface area contributed by atoms with Crippen LogP contribution in [0.25, 0.3) is 65.7 Å². The molecule has 0 spiro atoms. The molecule has 0 amide bonds. The fraction of sp³-hybridized carbons (Fsp3) is 0.0625. The van der Waals surface area contributed by atoms with E-state index in [1.54, 1.807) is 0 Å². The van der Waals surface area contributed by atoms with Gasteiger partial charge >= 0.3 is 0 Å². The summed E-state index contributed by atoms with van der Waals surface area (Å²) in [4.78, 5) is 4.80. The molecule has 0 fully saturated rings. The van der Waals surface area contributed by atoms with Gasteiger partial charge in [0, 0.05) is 34.1 Å². The zero-order valence-electron chi connectivity index (χ0n) is 37.8. The predicted molar refractivity (Wildman–Crippen MR) is 284 cm³/mol. The number of rotatable bonds is 9. The molecular formula is C64H50N2. The van der Waals surface area contributed by atoms with E-state index in [-0.39, 0.29) is 0 Å². The van der Waals surface area contributed by atoms with E-state index in [0.29, 0.717) is 0 Å². The summed E-state index contributed by atoms with van der Waals surface area (Å²) in [7, 11) is 0. The van der Waals surface area contributed by atoms with Crippen LogP contribution in [-0.2, 0) is 0 Å². The zero-order chi connectivity index (χ0) is 44.7. The standard InChI is InChI=1S/C64H50N2/c1-43-20-28-50(29-21-43)65(51-30-22-44(2)23-31-51)54-36-38-56-60(40-54)61-41-55(66(52-32-24-45(3)25-33-52)53-34-26-46(4)27-35-53)37-39-57(61)64-62(49-18-12-7-13-19-49)58(47-14-8-5-9-15-47)42-59(63(56)64)48-16-10-6-11-17-48/h5-42H,1-4H3. The highest BCUT2D eigenvalue weighted by Crippen LogP contribution is 2.51. The Hall–Kier alpha value is -8.20. The maximum atomic E-state index is 2.45. The quantitative estimate of drug-likeness (QED) is 0.134. The Bertz CT molecular complexity index is 3410. The Morgan fingerprint density at radius 1 is 0.242 bits per heavy atom. The van der Waals surface area contributed by atoms with Gasteiger partial charge in [0.2, 0.25) is 0 Å². The second-order valence-corrected chi connectivity index (χ2v) is 17.7. The second kappa shape index (κ2) is 17.1. The summed E-state index contributed by atoms with van der Waals surface area (Å²) in [5, 5.41) is 7.28.